The number of ether oxygens (including phenoxy) is 1. The quantitative estimate of drug-likeness (QED) is 0.647. The lowest BCUT2D eigenvalue weighted by Crippen LogP contribution is -2.15. The Morgan fingerprint density at radius 2 is 2.38 bits per heavy atom. The topological polar surface area (TPSA) is 52.3 Å². The molecule has 0 spiro atoms. The van der Waals surface area contributed by atoms with Gasteiger partial charge in [-0.05, 0) is 24.3 Å². The van der Waals surface area contributed by atoms with Crippen LogP contribution in [-0.2, 0) is 0 Å². The van der Waals surface area contributed by atoms with Crippen LogP contribution in [0.25, 0.3) is 0 Å². The summed E-state index contributed by atoms with van der Waals surface area (Å²) in [6.45, 7) is 0. The van der Waals surface area contributed by atoms with Crippen LogP contribution in [-0.4, -0.2) is 24.4 Å². The van der Waals surface area contributed by atoms with E-state index in [4.69, 9.17) is 10.5 Å². The average Bonchev–Trinajstić information content (AvgIpc) is 2.81. The fraction of sp³-hybridized carbons (Fsp3) is 0.417. The van der Waals surface area contributed by atoms with Crippen LogP contribution in [0.15, 0.2) is 18.2 Å². The van der Waals surface area contributed by atoms with Crippen molar-refractivity contribution in [3.63, 3.8) is 0 Å². The molecular weight excluding hydrogens is 222 g/mol. The minimum Gasteiger partial charge on any atom is -0.497 e. The molecule has 0 aliphatic carbocycles. The van der Waals surface area contributed by atoms with Gasteiger partial charge in [-0.3, -0.25) is 4.79 Å². The number of hydrogen-bond donors (Lipinski definition) is 1. The van der Waals surface area contributed by atoms with Crippen molar-refractivity contribution < 1.29 is 9.53 Å². The fourth-order valence-corrected chi connectivity index (χ4v) is 3.07. The zero-order valence-electron chi connectivity index (χ0n) is 9.23. The van der Waals surface area contributed by atoms with Gasteiger partial charge in [-0.2, -0.15) is 11.8 Å². The van der Waals surface area contributed by atoms with Gasteiger partial charge in [-0.1, -0.05) is 0 Å². The van der Waals surface area contributed by atoms with Crippen molar-refractivity contribution in [3.05, 3.63) is 23.8 Å². The Morgan fingerprint density at radius 1 is 1.56 bits per heavy atom. The fourth-order valence-electron chi connectivity index (χ4n) is 1.85. The molecule has 1 fully saturated rings. The molecule has 16 heavy (non-hydrogen) atoms. The van der Waals surface area contributed by atoms with E-state index in [9.17, 15) is 4.79 Å². The molecule has 1 aromatic carbocycles. The van der Waals surface area contributed by atoms with Crippen LogP contribution < -0.4 is 10.5 Å². The van der Waals surface area contributed by atoms with Crippen LogP contribution >= 0.6 is 11.8 Å². The number of carbonyl (C=O) groups is 1. The van der Waals surface area contributed by atoms with Crippen LogP contribution in [0.5, 0.6) is 5.75 Å². The summed E-state index contributed by atoms with van der Waals surface area (Å²) in [5.41, 5.74) is 7.01. The van der Waals surface area contributed by atoms with E-state index in [1.54, 1.807) is 25.3 Å². The highest BCUT2D eigenvalue weighted by molar-refractivity contribution is 7.99. The van der Waals surface area contributed by atoms with E-state index in [1.807, 2.05) is 11.8 Å². The number of anilines is 1. The molecule has 1 aromatic rings. The Labute approximate surface area is 99.4 Å². The molecular formula is C12H15NO2S. The molecule has 1 aliphatic heterocycles. The number of nitrogen functional groups attached to an aromatic ring is 1. The van der Waals surface area contributed by atoms with Crippen molar-refractivity contribution in [2.45, 2.75) is 6.42 Å². The number of ketones is 1. The summed E-state index contributed by atoms with van der Waals surface area (Å²) in [4.78, 5) is 12.1. The Bertz CT molecular complexity index is 400. The maximum absolute atomic E-state index is 12.1. The minimum absolute atomic E-state index is 0.140. The first-order chi connectivity index (χ1) is 7.72. The smallest absolute Gasteiger partial charge is 0.168 e. The van der Waals surface area contributed by atoms with E-state index in [-0.39, 0.29) is 11.7 Å². The number of benzene rings is 1. The Kier molecular flexibility index (Phi) is 3.39. The summed E-state index contributed by atoms with van der Waals surface area (Å²) in [6.07, 6.45) is 0.967. The molecule has 0 aromatic heterocycles. The van der Waals surface area contributed by atoms with Crippen molar-refractivity contribution in [1.82, 2.24) is 0 Å². The molecule has 2 rings (SSSR count). The summed E-state index contributed by atoms with van der Waals surface area (Å²) in [5, 5.41) is 0. The lowest BCUT2D eigenvalue weighted by Gasteiger charge is -2.10. The van der Waals surface area contributed by atoms with Gasteiger partial charge in [-0.15, -0.1) is 0 Å². The first kappa shape index (κ1) is 11.3. The average molecular weight is 237 g/mol. The number of hydrogen-bond acceptors (Lipinski definition) is 4. The maximum atomic E-state index is 12.1. The second-order valence-electron chi connectivity index (χ2n) is 3.88. The van der Waals surface area contributed by atoms with Crippen molar-refractivity contribution in [2.75, 3.05) is 24.3 Å². The number of nitrogens with two attached hydrogens (primary N) is 1. The highest BCUT2D eigenvalue weighted by Gasteiger charge is 2.25. The second kappa shape index (κ2) is 4.78. The molecule has 0 saturated carbocycles. The Hall–Kier alpha value is -1.16. The molecule has 1 unspecified atom stereocenters. The van der Waals surface area contributed by atoms with E-state index < -0.39 is 0 Å². The number of Topliss-reactive ketones (excluding diaryl/α,β-unsaturated/α-hetero) is 1. The summed E-state index contributed by atoms with van der Waals surface area (Å²) < 4.78 is 5.06. The lowest BCUT2D eigenvalue weighted by atomic mass is 9.96. The molecule has 1 aliphatic rings. The number of carbonyl (C=O) groups excluding carboxylic acids is 1. The third-order valence-corrected chi connectivity index (χ3v) is 3.99. The van der Waals surface area contributed by atoms with E-state index in [0.717, 1.165) is 17.9 Å². The maximum Gasteiger partial charge on any atom is 0.168 e. The summed E-state index contributed by atoms with van der Waals surface area (Å²) in [7, 11) is 1.59. The first-order valence-electron chi connectivity index (χ1n) is 5.28. The minimum atomic E-state index is 0.140. The van der Waals surface area contributed by atoms with Gasteiger partial charge in [0.1, 0.15) is 5.75 Å². The van der Waals surface area contributed by atoms with Gasteiger partial charge in [0.25, 0.3) is 0 Å². The van der Waals surface area contributed by atoms with Gasteiger partial charge >= 0.3 is 0 Å². The normalized spacial score (nSPS) is 19.7. The van der Waals surface area contributed by atoms with Crippen LogP contribution in [0.4, 0.5) is 5.69 Å². The van der Waals surface area contributed by atoms with Gasteiger partial charge in [0.15, 0.2) is 5.78 Å². The summed E-state index contributed by atoms with van der Waals surface area (Å²) in [5.74, 6) is 3.00. The molecule has 1 saturated heterocycles. The monoisotopic (exact) mass is 237 g/mol. The van der Waals surface area contributed by atoms with Crippen LogP contribution in [0.2, 0.25) is 0 Å². The Balaban J connectivity index is 2.22. The van der Waals surface area contributed by atoms with Crippen molar-refractivity contribution in [3.8, 4) is 5.75 Å². The predicted octanol–water partition coefficient (Wildman–Crippen LogP) is 2.21. The molecule has 1 heterocycles. The van der Waals surface area contributed by atoms with Crippen LogP contribution in [0, 0.1) is 5.92 Å². The van der Waals surface area contributed by atoms with E-state index in [2.05, 4.69) is 0 Å². The standard InChI is InChI=1S/C12H15NO2S/c1-15-9-2-3-10(11(13)6-9)12(14)8-4-5-16-7-8/h2-3,6,8H,4-5,7,13H2,1H3. The van der Waals surface area contributed by atoms with Crippen molar-refractivity contribution in [2.24, 2.45) is 5.92 Å². The van der Waals surface area contributed by atoms with Gasteiger partial charge in [0.2, 0.25) is 0 Å². The third-order valence-electron chi connectivity index (χ3n) is 2.82. The molecule has 1 atom stereocenters. The third kappa shape index (κ3) is 2.16. The number of methoxy groups -OCH3 is 1. The van der Waals surface area contributed by atoms with Crippen LogP contribution in [0.3, 0.4) is 0 Å². The van der Waals surface area contributed by atoms with Gasteiger partial charge < -0.3 is 10.5 Å². The van der Waals surface area contributed by atoms with Gasteiger partial charge in [0.05, 0.1) is 7.11 Å². The Morgan fingerprint density at radius 3 is 2.94 bits per heavy atom. The second-order valence-corrected chi connectivity index (χ2v) is 5.03. The zero-order chi connectivity index (χ0) is 11.5. The van der Waals surface area contributed by atoms with Crippen molar-refractivity contribution >= 4 is 23.2 Å². The molecule has 3 nitrogen and oxygen atoms in total. The largest absolute Gasteiger partial charge is 0.497 e. The predicted molar refractivity (Wildman–Crippen MR) is 67.2 cm³/mol. The van der Waals surface area contributed by atoms with E-state index in [0.29, 0.717) is 17.0 Å². The van der Waals surface area contributed by atoms with E-state index in [1.165, 1.54) is 0 Å². The SMILES string of the molecule is COc1ccc(C(=O)C2CCSC2)c(N)c1. The summed E-state index contributed by atoms with van der Waals surface area (Å²) in [6, 6.07) is 5.25. The highest BCUT2D eigenvalue weighted by atomic mass is 32.2. The molecule has 2 N–H and O–H groups in total. The van der Waals surface area contributed by atoms with Gasteiger partial charge in [0, 0.05) is 29.0 Å². The molecule has 0 amide bonds. The zero-order valence-corrected chi connectivity index (χ0v) is 10.0. The molecule has 86 valence electrons. The molecule has 0 radical (unpaired) electrons. The first-order valence-corrected chi connectivity index (χ1v) is 6.43. The molecule has 4 heteroatoms. The number of rotatable bonds is 3. The highest BCUT2D eigenvalue weighted by Crippen LogP contribution is 2.29. The van der Waals surface area contributed by atoms with Gasteiger partial charge in [-0.25, -0.2) is 0 Å². The summed E-state index contributed by atoms with van der Waals surface area (Å²) >= 11 is 1.83. The van der Waals surface area contributed by atoms with Crippen molar-refractivity contribution in [1.29, 1.82) is 0 Å². The number of thioether (sulfide) groups is 1. The molecule has 0 bridgehead atoms. The lowest BCUT2D eigenvalue weighted by molar-refractivity contribution is 0.0934. The van der Waals surface area contributed by atoms with E-state index >= 15 is 0 Å². The van der Waals surface area contributed by atoms with Crippen LogP contribution in [0.1, 0.15) is 16.8 Å².